The molecule has 5 nitrogen and oxygen atoms in total. The standard InChI is InChI=1S/C24H26N2O3S/c1-15(2)19-9-11-20(12-10-19)23(28)29-13-21-14-30-24(25-21)26(18(5)27)22-16(3)7-6-8-17(22)4/h6-12,14-15H,13H2,1-5H3. The summed E-state index contributed by atoms with van der Waals surface area (Å²) in [6, 6.07) is 13.4. The van der Waals surface area contributed by atoms with Crippen molar-refractivity contribution in [1.29, 1.82) is 0 Å². The van der Waals surface area contributed by atoms with Crippen molar-refractivity contribution < 1.29 is 14.3 Å². The molecular weight excluding hydrogens is 396 g/mol. The van der Waals surface area contributed by atoms with Crippen molar-refractivity contribution in [1.82, 2.24) is 4.98 Å². The van der Waals surface area contributed by atoms with Crippen molar-refractivity contribution in [2.45, 2.75) is 47.1 Å². The molecule has 1 amide bonds. The second kappa shape index (κ2) is 9.22. The lowest BCUT2D eigenvalue weighted by atomic mass is 10.0. The van der Waals surface area contributed by atoms with E-state index in [9.17, 15) is 9.59 Å². The van der Waals surface area contributed by atoms with Gasteiger partial charge in [-0.25, -0.2) is 9.78 Å². The summed E-state index contributed by atoms with van der Waals surface area (Å²) in [7, 11) is 0. The molecule has 156 valence electrons. The first-order valence-electron chi connectivity index (χ1n) is 9.86. The van der Waals surface area contributed by atoms with E-state index in [1.165, 1.54) is 23.8 Å². The van der Waals surface area contributed by atoms with Crippen molar-refractivity contribution in [3.63, 3.8) is 0 Å². The second-order valence-electron chi connectivity index (χ2n) is 7.57. The van der Waals surface area contributed by atoms with Crippen LogP contribution in [-0.2, 0) is 16.1 Å². The average Bonchev–Trinajstić information content (AvgIpc) is 3.17. The highest BCUT2D eigenvalue weighted by Gasteiger charge is 2.21. The van der Waals surface area contributed by atoms with Gasteiger partial charge in [-0.2, -0.15) is 0 Å². The topological polar surface area (TPSA) is 59.5 Å². The molecular formula is C24H26N2O3S. The van der Waals surface area contributed by atoms with Crippen LogP contribution in [0.4, 0.5) is 10.8 Å². The Morgan fingerprint density at radius 1 is 1.07 bits per heavy atom. The molecule has 3 aromatic rings. The molecule has 6 heteroatoms. The van der Waals surface area contributed by atoms with Crippen LogP contribution in [0.5, 0.6) is 0 Å². The molecule has 1 heterocycles. The molecule has 0 fully saturated rings. The number of benzene rings is 2. The lowest BCUT2D eigenvalue weighted by molar-refractivity contribution is -0.115. The van der Waals surface area contributed by atoms with Crippen molar-refractivity contribution >= 4 is 34.0 Å². The number of hydrogen-bond donors (Lipinski definition) is 0. The number of ether oxygens (including phenoxy) is 1. The summed E-state index contributed by atoms with van der Waals surface area (Å²) in [5.41, 5.74) is 5.13. The van der Waals surface area contributed by atoms with Crippen LogP contribution < -0.4 is 4.90 Å². The van der Waals surface area contributed by atoms with Crippen LogP contribution in [0.1, 0.15) is 59.4 Å². The molecule has 0 spiro atoms. The zero-order valence-corrected chi connectivity index (χ0v) is 18.7. The number of aryl methyl sites for hydroxylation is 2. The fourth-order valence-corrected chi connectivity index (χ4v) is 4.10. The van der Waals surface area contributed by atoms with Gasteiger partial charge in [0.1, 0.15) is 6.61 Å². The minimum Gasteiger partial charge on any atom is -0.456 e. The summed E-state index contributed by atoms with van der Waals surface area (Å²) in [4.78, 5) is 30.9. The number of nitrogens with zero attached hydrogens (tertiary/aromatic N) is 2. The van der Waals surface area contributed by atoms with E-state index in [1.54, 1.807) is 17.0 Å². The minimum atomic E-state index is -0.391. The Balaban J connectivity index is 1.73. The highest BCUT2D eigenvalue weighted by molar-refractivity contribution is 7.14. The molecule has 1 aromatic heterocycles. The molecule has 0 atom stereocenters. The monoisotopic (exact) mass is 422 g/mol. The first-order valence-corrected chi connectivity index (χ1v) is 10.7. The Morgan fingerprint density at radius 2 is 1.70 bits per heavy atom. The number of thiazole rings is 1. The molecule has 0 unspecified atom stereocenters. The predicted octanol–water partition coefficient (Wildman–Crippen LogP) is 5.92. The molecule has 0 bridgehead atoms. The van der Waals surface area contributed by atoms with Crippen LogP contribution in [0.15, 0.2) is 47.8 Å². The number of hydrogen-bond acceptors (Lipinski definition) is 5. The molecule has 3 rings (SSSR count). The van der Waals surface area contributed by atoms with Gasteiger partial charge in [-0.1, -0.05) is 44.2 Å². The number of amides is 1. The largest absolute Gasteiger partial charge is 0.456 e. The fourth-order valence-electron chi connectivity index (χ4n) is 3.24. The van der Waals surface area contributed by atoms with E-state index < -0.39 is 5.97 Å². The number of rotatable bonds is 6. The lowest BCUT2D eigenvalue weighted by Crippen LogP contribution is -2.24. The molecule has 2 aromatic carbocycles. The average molecular weight is 423 g/mol. The van der Waals surface area contributed by atoms with Gasteiger partial charge in [0.25, 0.3) is 0 Å². The van der Waals surface area contributed by atoms with Crippen LogP contribution in [0.25, 0.3) is 0 Å². The summed E-state index contributed by atoms with van der Waals surface area (Å²) >= 11 is 1.35. The Bertz CT molecular complexity index is 1030. The quantitative estimate of drug-likeness (QED) is 0.462. The summed E-state index contributed by atoms with van der Waals surface area (Å²) in [6.45, 7) is 9.73. The Hall–Kier alpha value is -2.99. The second-order valence-corrected chi connectivity index (χ2v) is 8.41. The van der Waals surface area contributed by atoms with E-state index in [-0.39, 0.29) is 12.5 Å². The molecule has 0 radical (unpaired) electrons. The van der Waals surface area contributed by atoms with E-state index in [2.05, 4.69) is 18.8 Å². The van der Waals surface area contributed by atoms with E-state index in [1.807, 2.05) is 49.6 Å². The lowest BCUT2D eigenvalue weighted by Gasteiger charge is -2.22. The van der Waals surface area contributed by atoms with Gasteiger partial charge in [-0.3, -0.25) is 9.69 Å². The van der Waals surface area contributed by atoms with Crippen LogP contribution >= 0.6 is 11.3 Å². The molecule has 0 aliphatic heterocycles. The zero-order chi connectivity index (χ0) is 21.8. The van der Waals surface area contributed by atoms with Gasteiger partial charge in [0.2, 0.25) is 5.91 Å². The van der Waals surface area contributed by atoms with Gasteiger partial charge in [-0.05, 0) is 48.6 Å². The summed E-state index contributed by atoms with van der Waals surface area (Å²) in [5.74, 6) is -0.0989. The third-order valence-electron chi connectivity index (χ3n) is 4.87. The number of aromatic nitrogens is 1. The maximum Gasteiger partial charge on any atom is 0.338 e. The first-order chi connectivity index (χ1) is 14.3. The number of anilines is 2. The van der Waals surface area contributed by atoms with Crippen LogP contribution in [-0.4, -0.2) is 16.9 Å². The van der Waals surface area contributed by atoms with E-state index in [4.69, 9.17) is 4.74 Å². The molecule has 0 aliphatic rings. The van der Waals surface area contributed by atoms with Crippen LogP contribution in [0.2, 0.25) is 0 Å². The molecule has 0 saturated heterocycles. The Labute approximate surface area is 181 Å². The Kier molecular flexibility index (Phi) is 6.67. The number of carbonyl (C=O) groups excluding carboxylic acids is 2. The van der Waals surface area contributed by atoms with Crippen LogP contribution in [0, 0.1) is 13.8 Å². The predicted molar refractivity (Wildman–Crippen MR) is 121 cm³/mol. The number of para-hydroxylation sites is 1. The molecule has 0 saturated carbocycles. The molecule has 0 aliphatic carbocycles. The third-order valence-corrected chi connectivity index (χ3v) is 5.75. The van der Waals surface area contributed by atoms with Gasteiger partial charge >= 0.3 is 5.97 Å². The summed E-state index contributed by atoms with van der Waals surface area (Å²) in [5, 5.41) is 2.38. The van der Waals surface area contributed by atoms with Crippen molar-refractivity contribution in [2.24, 2.45) is 0 Å². The van der Waals surface area contributed by atoms with Crippen LogP contribution in [0.3, 0.4) is 0 Å². The molecule has 0 N–H and O–H groups in total. The first kappa shape index (κ1) is 21.7. The maximum atomic E-state index is 12.4. The number of carbonyl (C=O) groups is 2. The van der Waals surface area contributed by atoms with E-state index >= 15 is 0 Å². The number of esters is 1. The van der Waals surface area contributed by atoms with Crippen molar-refractivity contribution in [3.8, 4) is 0 Å². The van der Waals surface area contributed by atoms with E-state index in [0.29, 0.717) is 22.3 Å². The van der Waals surface area contributed by atoms with E-state index in [0.717, 1.165) is 16.8 Å². The summed E-state index contributed by atoms with van der Waals surface area (Å²) in [6.07, 6.45) is 0. The van der Waals surface area contributed by atoms with Gasteiger partial charge in [-0.15, -0.1) is 11.3 Å². The minimum absolute atomic E-state index is 0.0553. The maximum absolute atomic E-state index is 12.4. The third kappa shape index (κ3) is 4.76. The molecule has 30 heavy (non-hydrogen) atoms. The fraction of sp³-hybridized carbons (Fsp3) is 0.292. The highest BCUT2D eigenvalue weighted by atomic mass is 32.1. The van der Waals surface area contributed by atoms with Gasteiger partial charge in [0.05, 0.1) is 16.9 Å². The van der Waals surface area contributed by atoms with Gasteiger partial charge < -0.3 is 4.74 Å². The SMILES string of the molecule is CC(=O)N(c1nc(COC(=O)c2ccc(C(C)C)cc2)cs1)c1c(C)cccc1C. The Morgan fingerprint density at radius 3 is 2.27 bits per heavy atom. The van der Waals surface area contributed by atoms with Gasteiger partial charge in [0, 0.05) is 12.3 Å². The van der Waals surface area contributed by atoms with Gasteiger partial charge in [0.15, 0.2) is 5.13 Å². The highest BCUT2D eigenvalue weighted by Crippen LogP contribution is 2.33. The zero-order valence-electron chi connectivity index (χ0n) is 17.9. The summed E-state index contributed by atoms with van der Waals surface area (Å²) < 4.78 is 5.42. The van der Waals surface area contributed by atoms with Crippen molar-refractivity contribution in [3.05, 3.63) is 75.8 Å². The van der Waals surface area contributed by atoms with Crippen molar-refractivity contribution in [2.75, 3.05) is 4.90 Å². The smallest absolute Gasteiger partial charge is 0.338 e. The normalized spacial score (nSPS) is 10.9.